The van der Waals surface area contributed by atoms with Gasteiger partial charge in [-0.1, -0.05) is 27.7 Å². The summed E-state index contributed by atoms with van der Waals surface area (Å²) >= 11 is 0. The minimum absolute atomic E-state index is 0.300. The highest BCUT2D eigenvalue weighted by Gasteiger charge is 2.19. The molecule has 6 heteroatoms. The van der Waals surface area contributed by atoms with Gasteiger partial charge in [0, 0.05) is 24.9 Å². The minimum Gasteiger partial charge on any atom is -0.370 e. The first-order valence-corrected chi connectivity index (χ1v) is 7.66. The standard InChI is InChI=1S/C15H24N6/c1-6-11-19-12(7-2)21(20-11)15-13(10(4)5)14(16-8-3)17-9-18-15/h9-10H,6-8H2,1-5H3,(H,16,17,18). The first-order chi connectivity index (χ1) is 10.1. The van der Waals surface area contributed by atoms with Crippen LogP contribution in [0.1, 0.15) is 57.7 Å². The van der Waals surface area contributed by atoms with Crippen molar-refractivity contribution in [2.75, 3.05) is 11.9 Å². The number of hydrogen-bond acceptors (Lipinski definition) is 5. The molecule has 0 aliphatic rings. The molecule has 2 aromatic rings. The van der Waals surface area contributed by atoms with Crippen molar-refractivity contribution in [3.63, 3.8) is 0 Å². The smallest absolute Gasteiger partial charge is 0.164 e. The van der Waals surface area contributed by atoms with Crippen LogP contribution in [0.25, 0.3) is 5.82 Å². The molecule has 0 bridgehead atoms. The molecule has 21 heavy (non-hydrogen) atoms. The maximum Gasteiger partial charge on any atom is 0.164 e. The first-order valence-electron chi connectivity index (χ1n) is 7.66. The highest BCUT2D eigenvalue weighted by molar-refractivity contribution is 5.53. The zero-order valence-corrected chi connectivity index (χ0v) is 13.5. The summed E-state index contributed by atoms with van der Waals surface area (Å²) in [4.78, 5) is 13.4. The van der Waals surface area contributed by atoms with Crippen molar-refractivity contribution in [1.29, 1.82) is 0 Å². The summed E-state index contributed by atoms with van der Waals surface area (Å²) in [6.07, 6.45) is 3.24. The fourth-order valence-corrected chi connectivity index (χ4v) is 2.34. The van der Waals surface area contributed by atoms with Crippen molar-refractivity contribution in [1.82, 2.24) is 24.7 Å². The topological polar surface area (TPSA) is 68.5 Å². The van der Waals surface area contributed by atoms with Crippen LogP contribution in [0.15, 0.2) is 6.33 Å². The van der Waals surface area contributed by atoms with Crippen molar-refractivity contribution in [3.05, 3.63) is 23.5 Å². The van der Waals surface area contributed by atoms with Gasteiger partial charge in [0.05, 0.1) is 0 Å². The summed E-state index contributed by atoms with van der Waals surface area (Å²) in [7, 11) is 0. The van der Waals surface area contributed by atoms with E-state index in [0.717, 1.165) is 48.2 Å². The molecule has 0 saturated carbocycles. The lowest BCUT2D eigenvalue weighted by Crippen LogP contribution is -2.13. The van der Waals surface area contributed by atoms with Gasteiger partial charge in [-0.05, 0) is 12.8 Å². The molecule has 6 nitrogen and oxygen atoms in total. The molecule has 0 amide bonds. The van der Waals surface area contributed by atoms with Crippen LogP contribution in [0.4, 0.5) is 5.82 Å². The molecule has 114 valence electrons. The average molecular weight is 288 g/mol. The molecular formula is C15H24N6. The Labute approximate surface area is 126 Å². The van der Waals surface area contributed by atoms with Gasteiger partial charge in [0.15, 0.2) is 11.6 Å². The molecule has 2 aromatic heterocycles. The van der Waals surface area contributed by atoms with Crippen LogP contribution in [0.5, 0.6) is 0 Å². The van der Waals surface area contributed by atoms with Gasteiger partial charge in [0.2, 0.25) is 0 Å². The van der Waals surface area contributed by atoms with Crippen LogP contribution in [-0.4, -0.2) is 31.3 Å². The number of rotatable bonds is 6. The molecule has 0 aliphatic carbocycles. The van der Waals surface area contributed by atoms with E-state index in [9.17, 15) is 0 Å². The zero-order valence-electron chi connectivity index (χ0n) is 13.5. The second-order valence-electron chi connectivity index (χ2n) is 5.21. The molecule has 0 unspecified atom stereocenters. The molecule has 0 aliphatic heterocycles. The van der Waals surface area contributed by atoms with Gasteiger partial charge < -0.3 is 5.32 Å². The van der Waals surface area contributed by atoms with Crippen LogP contribution in [0.3, 0.4) is 0 Å². The maximum atomic E-state index is 4.60. The van der Waals surface area contributed by atoms with Gasteiger partial charge in [-0.15, -0.1) is 5.10 Å². The van der Waals surface area contributed by atoms with Crippen LogP contribution < -0.4 is 5.32 Å². The summed E-state index contributed by atoms with van der Waals surface area (Å²) in [5.74, 6) is 3.81. The minimum atomic E-state index is 0.300. The zero-order chi connectivity index (χ0) is 15.4. The van der Waals surface area contributed by atoms with E-state index in [1.54, 1.807) is 6.33 Å². The van der Waals surface area contributed by atoms with Gasteiger partial charge in [-0.25, -0.2) is 15.0 Å². The Morgan fingerprint density at radius 3 is 2.48 bits per heavy atom. The molecule has 0 spiro atoms. The highest BCUT2D eigenvalue weighted by atomic mass is 15.4. The quantitative estimate of drug-likeness (QED) is 0.885. The number of hydrogen-bond donors (Lipinski definition) is 1. The number of nitrogens with one attached hydrogen (secondary N) is 1. The molecule has 1 N–H and O–H groups in total. The molecule has 0 atom stereocenters. The monoisotopic (exact) mass is 288 g/mol. The Balaban J connectivity index is 2.62. The average Bonchev–Trinajstić information content (AvgIpc) is 2.90. The Morgan fingerprint density at radius 2 is 1.90 bits per heavy atom. The number of aromatic nitrogens is 5. The number of aryl methyl sites for hydroxylation is 2. The number of anilines is 1. The normalized spacial score (nSPS) is 11.1. The van der Waals surface area contributed by atoms with Crippen molar-refractivity contribution < 1.29 is 0 Å². The Morgan fingerprint density at radius 1 is 1.14 bits per heavy atom. The van der Waals surface area contributed by atoms with Gasteiger partial charge >= 0.3 is 0 Å². The van der Waals surface area contributed by atoms with E-state index in [1.165, 1.54) is 0 Å². The van der Waals surface area contributed by atoms with Crippen molar-refractivity contribution in [2.45, 2.75) is 53.4 Å². The van der Waals surface area contributed by atoms with Crippen LogP contribution in [0.2, 0.25) is 0 Å². The summed E-state index contributed by atoms with van der Waals surface area (Å²) in [5, 5.41) is 7.91. The lowest BCUT2D eigenvalue weighted by molar-refractivity contribution is 0.732. The lowest BCUT2D eigenvalue weighted by Gasteiger charge is -2.16. The molecule has 0 saturated heterocycles. The van der Waals surface area contributed by atoms with Crippen molar-refractivity contribution in [3.8, 4) is 5.82 Å². The third-order valence-electron chi connectivity index (χ3n) is 3.34. The van der Waals surface area contributed by atoms with Crippen LogP contribution >= 0.6 is 0 Å². The molecule has 0 radical (unpaired) electrons. The van der Waals surface area contributed by atoms with Gasteiger partial charge in [0.1, 0.15) is 18.0 Å². The van der Waals surface area contributed by atoms with E-state index >= 15 is 0 Å². The predicted molar refractivity (Wildman–Crippen MR) is 84.0 cm³/mol. The Kier molecular flexibility index (Phi) is 4.88. The van der Waals surface area contributed by atoms with Crippen molar-refractivity contribution >= 4 is 5.82 Å². The van der Waals surface area contributed by atoms with E-state index in [2.05, 4.69) is 60.0 Å². The van der Waals surface area contributed by atoms with Crippen LogP contribution in [0, 0.1) is 0 Å². The largest absolute Gasteiger partial charge is 0.370 e. The van der Waals surface area contributed by atoms with Gasteiger partial charge in [0.25, 0.3) is 0 Å². The summed E-state index contributed by atoms with van der Waals surface area (Å²) < 4.78 is 1.87. The summed E-state index contributed by atoms with van der Waals surface area (Å²) in [5.41, 5.74) is 1.08. The highest BCUT2D eigenvalue weighted by Crippen LogP contribution is 2.27. The van der Waals surface area contributed by atoms with E-state index in [4.69, 9.17) is 0 Å². The molecular weight excluding hydrogens is 264 g/mol. The van der Waals surface area contributed by atoms with Gasteiger partial charge in [-0.2, -0.15) is 4.68 Å². The lowest BCUT2D eigenvalue weighted by atomic mass is 10.0. The number of nitrogens with zero attached hydrogens (tertiary/aromatic N) is 5. The first kappa shape index (κ1) is 15.4. The van der Waals surface area contributed by atoms with E-state index in [0.29, 0.717) is 5.92 Å². The molecule has 2 rings (SSSR count). The third kappa shape index (κ3) is 3.04. The van der Waals surface area contributed by atoms with E-state index in [-0.39, 0.29) is 0 Å². The maximum absolute atomic E-state index is 4.60. The fraction of sp³-hybridized carbons (Fsp3) is 0.600. The third-order valence-corrected chi connectivity index (χ3v) is 3.34. The Hall–Kier alpha value is -1.98. The second-order valence-corrected chi connectivity index (χ2v) is 5.21. The van der Waals surface area contributed by atoms with Crippen molar-refractivity contribution in [2.24, 2.45) is 0 Å². The van der Waals surface area contributed by atoms with Crippen LogP contribution in [-0.2, 0) is 12.8 Å². The molecule has 2 heterocycles. The molecule has 0 aromatic carbocycles. The van der Waals surface area contributed by atoms with E-state index < -0.39 is 0 Å². The summed E-state index contributed by atoms with van der Waals surface area (Å²) in [6, 6.07) is 0. The fourth-order valence-electron chi connectivity index (χ4n) is 2.34. The van der Waals surface area contributed by atoms with Gasteiger partial charge in [-0.3, -0.25) is 0 Å². The van der Waals surface area contributed by atoms with E-state index in [1.807, 2.05) is 4.68 Å². The molecule has 0 fully saturated rings. The second kappa shape index (κ2) is 6.65. The predicted octanol–water partition coefficient (Wildman–Crippen LogP) is 2.74. The summed E-state index contributed by atoms with van der Waals surface area (Å²) in [6.45, 7) is 11.3. The SMILES string of the molecule is CCNc1ncnc(-n2nc(CC)nc2CC)c1C(C)C. The Bertz CT molecular complexity index is 602.